The van der Waals surface area contributed by atoms with Gasteiger partial charge in [0.05, 0.1) is 0 Å². The monoisotopic (exact) mass is 322 g/mol. The second-order valence-corrected chi connectivity index (χ2v) is 5.95. The van der Waals surface area contributed by atoms with Crippen LogP contribution >= 0.6 is 11.8 Å². The molecule has 0 saturated carbocycles. The lowest BCUT2D eigenvalue weighted by molar-refractivity contribution is 0.213. The maximum Gasteiger partial charge on any atom is 0.133 e. The number of hydrogen-bond acceptors (Lipinski definition) is 3. The number of ether oxygens (including phenoxy) is 1. The van der Waals surface area contributed by atoms with Gasteiger partial charge in [-0.25, -0.2) is 0 Å². The Balaban J connectivity index is 1.96. The van der Waals surface area contributed by atoms with E-state index in [1.807, 2.05) is 85.1 Å². The highest BCUT2D eigenvalue weighted by atomic mass is 32.2. The minimum Gasteiger partial charge on any atom is -0.457 e. The third kappa shape index (κ3) is 3.58. The predicted octanol–water partition coefficient (Wildman–Crippen LogP) is 5.28. The van der Waals surface area contributed by atoms with Gasteiger partial charge in [-0.1, -0.05) is 54.6 Å². The van der Waals surface area contributed by atoms with Crippen molar-refractivity contribution in [3.8, 4) is 11.5 Å². The van der Waals surface area contributed by atoms with Gasteiger partial charge in [0, 0.05) is 10.5 Å². The fourth-order valence-electron chi connectivity index (χ4n) is 2.47. The van der Waals surface area contributed by atoms with Crippen molar-refractivity contribution in [2.75, 3.05) is 6.26 Å². The number of rotatable bonds is 5. The summed E-state index contributed by atoms with van der Waals surface area (Å²) in [5, 5.41) is 10.9. The lowest BCUT2D eigenvalue weighted by Crippen LogP contribution is -2.03. The van der Waals surface area contributed by atoms with E-state index in [-0.39, 0.29) is 0 Å². The molecule has 0 aliphatic rings. The molecule has 0 aromatic heterocycles. The zero-order chi connectivity index (χ0) is 16.1. The topological polar surface area (TPSA) is 29.5 Å². The van der Waals surface area contributed by atoms with Gasteiger partial charge in [-0.05, 0) is 36.1 Å². The van der Waals surface area contributed by atoms with E-state index in [4.69, 9.17) is 4.74 Å². The molecule has 0 aliphatic heterocycles. The van der Waals surface area contributed by atoms with Gasteiger partial charge in [-0.2, -0.15) is 0 Å². The van der Waals surface area contributed by atoms with Gasteiger partial charge in [0.15, 0.2) is 0 Å². The Bertz CT molecular complexity index is 771. The van der Waals surface area contributed by atoms with Gasteiger partial charge in [0.1, 0.15) is 17.6 Å². The lowest BCUT2D eigenvalue weighted by atomic mass is 10.0. The minimum absolute atomic E-state index is 0.669. The van der Waals surface area contributed by atoms with Gasteiger partial charge in [-0.3, -0.25) is 0 Å². The zero-order valence-corrected chi connectivity index (χ0v) is 13.7. The molecule has 0 aliphatic carbocycles. The highest BCUT2D eigenvalue weighted by Crippen LogP contribution is 2.36. The standard InChI is InChI=1S/C20H18O2S/c1-23-19-14-8-6-12-17(19)20(21)16-11-5-7-13-18(16)22-15-9-3-2-4-10-15/h2-14,20-21H,1H3. The van der Waals surface area contributed by atoms with Crippen molar-refractivity contribution in [1.29, 1.82) is 0 Å². The van der Waals surface area contributed by atoms with E-state index in [1.54, 1.807) is 11.8 Å². The summed E-state index contributed by atoms with van der Waals surface area (Å²) in [5.74, 6) is 1.42. The normalized spacial score (nSPS) is 11.9. The fourth-order valence-corrected chi connectivity index (χ4v) is 3.10. The number of aliphatic hydroxyl groups excluding tert-OH is 1. The molecule has 1 unspecified atom stereocenters. The molecule has 0 heterocycles. The molecule has 1 atom stereocenters. The van der Waals surface area contributed by atoms with E-state index in [9.17, 15) is 5.11 Å². The quantitative estimate of drug-likeness (QED) is 0.648. The van der Waals surface area contributed by atoms with E-state index in [0.717, 1.165) is 21.8 Å². The fraction of sp³-hybridized carbons (Fsp3) is 0.100. The van der Waals surface area contributed by atoms with Crippen LogP contribution in [0.15, 0.2) is 83.8 Å². The molecular weight excluding hydrogens is 304 g/mol. The molecule has 23 heavy (non-hydrogen) atoms. The Hall–Kier alpha value is -2.23. The SMILES string of the molecule is CSc1ccccc1C(O)c1ccccc1Oc1ccccc1. The van der Waals surface area contributed by atoms with Gasteiger partial charge in [0.2, 0.25) is 0 Å². The summed E-state index contributed by atoms with van der Waals surface area (Å²) in [6.45, 7) is 0. The highest BCUT2D eigenvalue weighted by Gasteiger charge is 2.18. The number of benzene rings is 3. The summed E-state index contributed by atoms with van der Waals surface area (Å²) in [6, 6.07) is 25.1. The number of aliphatic hydroxyl groups is 1. The number of para-hydroxylation sites is 2. The highest BCUT2D eigenvalue weighted by molar-refractivity contribution is 7.98. The van der Waals surface area contributed by atoms with Gasteiger partial charge in [-0.15, -0.1) is 11.8 Å². The van der Waals surface area contributed by atoms with Crippen LogP contribution in [0.1, 0.15) is 17.2 Å². The summed E-state index contributed by atoms with van der Waals surface area (Å²) in [4.78, 5) is 1.06. The van der Waals surface area contributed by atoms with Crippen molar-refractivity contribution in [1.82, 2.24) is 0 Å². The van der Waals surface area contributed by atoms with Crippen LogP contribution in [-0.2, 0) is 0 Å². The van der Waals surface area contributed by atoms with Gasteiger partial charge in [0.25, 0.3) is 0 Å². The second kappa shape index (κ2) is 7.36. The van der Waals surface area contributed by atoms with Crippen LogP contribution in [0.3, 0.4) is 0 Å². The van der Waals surface area contributed by atoms with E-state index < -0.39 is 6.10 Å². The molecule has 116 valence electrons. The largest absolute Gasteiger partial charge is 0.457 e. The van der Waals surface area contributed by atoms with E-state index in [2.05, 4.69) is 0 Å². The Morgan fingerprint density at radius 2 is 1.39 bits per heavy atom. The van der Waals surface area contributed by atoms with Crippen molar-refractivity contribution in [3.05, 3.63) is 90.0 Å². The van der Waals surface area contributed by atoms with E-state index >= 15 is 0 Å². The second-order valence-electron chi connectivity index (χ2n) is 5.10. The van der Waals surface area contributed by atoms with Crippen molar-refractivity contribution < 1.29 is 9.84 Å². The van der Waals surface area contributed by atoms with Crippen molar-refractivity contribution in [2.45, 2.75) is 11.0 Å². The molecule has 3 rings (SSSR count). The number of hydrogen-bond donors (Lipinski definition) is 1. The summed E-state index contributed by atoms with van der Waals surface area (Å²) in [5.41, 5.74) is 1.65. The predicted molar refractivity (Wildman–Crippen MR) is 95.2 cm³/mol. The van der Waals surface area contributed by atoms with Crippen LogP contribution in [0.25, 0.3) is 0 Å². The first-order chi connectivity index (χ1) is 11.3. The summed E-state index contributed by atoms with van der Waals surface area (Å²) in [6.07, 6.45) is 1.29. The van der Waals surface area contributed by atoms with Gasteiger partial charge < -0.3 is 9.84 Å². The summed E-state index contributed by atoms with van der Waals surface area (Å²) < 4.78 is 5.96. The van der Waals surface area contributed by atoms with Crippen LogP contribution in [0, 0.1) is 0 Å². The van der Waals surface area contributed by atoms with Gasteiger partial charge >= 0.3 is 0 Å². The molecule has 3 aromatic carbocycles. The molecule has 3 aromatic rings. The molecular formula is C20H18O2S. The molecule has 0 saturated heterocycles. The Morgan fingerprint density at radius 1 is 0.783 bits per heavy atom. The Kier molecular flexibility index (Phi) is 5.01. The Labute approximate surface area is 140 Å². The zero-order valence-electron chi connectivity index (χ0n) is 12.8. The van der Waals surface area contributed by atoms with Crippen molar-refractivity contribution in [2.24, 2.45) is 0 Å². The first kappa shape index (κ1) is 15.7. The van der Waals surface area contributed by atoms with E-state index in [1.165, 1.54) is 0 Å². The lowest BCUT2D eigenvalue weighted by Gasteiger charge is -2.18. The van der Waals surface area contributed by atoms with Crippen LogP contribution in [-0.4, -0.2) is 11.4 Å². The number of thioether (sulfide) groups is 1. The van der Waals surface area contributed by atoms with Crippen LogP contribution < -0.4 is 4.74 Å². The van der Waals surface area contributed by atoms with Crippen LogP contribution in [0.2, 0.25) is 0 Å². The molecule has 3 heteroatoms. The Morgan fingerprint density at radius 3 is 2.13 bits per heavy atom. The average Bonchev–Trinajstić information content (AvgIpc) is 2.62. The summed E-state index contributed by atoms with van der Waals surface area (Å²) in [7, 11) is 0. The summed E-state index contributed by atoms with van der Waals surface area (Å²) >= 11 is 1.63. The van der Waals surface area contributed by atoms with E-state index in [0.29, 0.717) is 5.75 Å². The molecule has 2 nitrogen and oxygen atoms in total. The van der Waals surface area contributed by atoms with Crippen molar-refractivity contribution in [3.63, 3.8) is 0 Å². The van der Waals surface area contributed by atoms with Crippen LogP contribution in [0.4, 0.5) is 0 Å². The molecule has 0 spiro atoms. The smallest absolute Gasteiger partial charge is 0.133 e. The third-order valence-corrected chi connectivity index (χ3v) is 4.43. The average molecular weight is 322 g/mol. The molecule has 0 fully saturated rings. The first-order valence-electron chi connectivity index (χ1n) is 7.42. The molecule has 0 amide bonds. The van der Waals surface area contributed by atoms with Crippen molar-refractivity contribution >= 4 is 11.8 Å². The maximum atomic E-state index is 10.9. The minimum atomic E-state index is -0.724. The molecule has 0 bridgehead atoms. The molecule has 1 N–H and O–H groups in total. The molecule has 0 radical (unpaired) electrons. The third-order valence-electron chi connectivity index (χ3n) is 3.62. The maximum absolute atomic E-state index is 10.9. The first-order valence-corrected chi connectivity index (χ1v) is 8.65. The van der Waals surface area contributed by atoms with Crippen LogP contribution in [0.5, 0.6) is 11.5 Å².